The van der Waals surface area contributed by atoms with Crippen LogP contribution in [-0.4, -0.2) is 22.4 Å². The lowest BCUT2D eigenvalue weighted by molar-refractivity contribution is -0.375. The molecule has 1 heterocycles. The molecule has 1 aromatic heterocycles. The molecule has 2 nitrogen and oxygen atoms in total. The zero-order valence-corrected chi connectivity index (χ0v) is 9.63. The summed E-state index contributed by atoms with van der Waals surface area (Å²) in [5, 5.41) is 8.97. The fraction of sp³-hybridized carbons (Fsp3) is 0.250. The van der Waals surface area contributed by atoms with E-state index in [9.17, 15) is 31.4 Å². The molecular formula is C12H7F6NO. The minimum absolute atomic E-state index is 0.0723. The zero-order chi connectivity index (χ0) is 15.2. The van der Waals surface area contributed by atoms with Crippen LogP contribution in [0.5, 0.6) is 0 Å². The minimum atomic E-state index is -5.91. The van der Waals surface area contributed by atoms with Gasteiger partial charge in [-0.3, -0.25) is 4.98 Å². The number of para-hydroxylation sites is 1. The molecule has 0 amide bonds. The Hall–Kier alpha value is -1.83. The van der Waals surface area contributed by atoms with E-state index in [0.717, 1.165) is 12.3 Å². The largest absolute Gasteiger partial charge is 0.430 e. The third-order valence-corrected chi connectivity index (χ3v) is 2.86. The van der Waals surface area contributed by atoms with Gasteiger partial charge in [-0.25, -0.2) is 0 Å². The van der Waals surface area contributed by atoms with Crippen LogP contribution in [0.25, 0.3) is 10.9 Å². The second-order valence-corrected chi connectivity index (χ2v) is 4.08. The molecule has 0 spiro atoms. The third kappa shape index (κ3) is 2.00. The molecule has 2 rings (SSSR count). The summed E-state index contributed by atoms with van der Waals surface area (Å²) in [5.74, 6) is 0. The van der Waals surface area contributed by atoms with Gasteiger partial charge in [-0.2, -0.15) is 26.3 Å². The van der Waals surface area contributed by atoms with Gasteiger partial charge in [0.2, 0.25) is 0 Å². The molecule has 1 aromatic carbocycles. The average Bonchev–Trinajstić information content (AvgIpc) is 2.34. The van der Waals surface area contributed by atoms with Gasteiger partial charge in [0.25, 0.3) is 5.60 Å². The molecule has 0 unspecified atom stereocenters. The smallest absolute Gasteiger partial charge is 0.369 e. The average molecular weight is 295 g/mol. The van der Waals surface area contributed by atoms with Crippen LogP contribution in [0, 0.1) is 0 Å². The van der Waals surface area contributed by atoms with Gasteiger partial charge in [0, 0.05) is 17.1 Å². The first-order valence-corrected chi connectivity index (χ1v) is 5.29. The molecule has 0 fully saturated rings. The second-order valence-electron chi connectivity index (χ2n) is 4.08. The molecule has 20 heavy (non-hydrogen) atoms. The maximum absolute atomic E-state index is 12.8. The van der Waals surface area contributed by atoms with E-state index >= 15 is 0 Å². The molecule has 0 atom stereocenters. The molecule has 0 aliphatic heterocycles. The summed E-state index contributed by atoms with van der Waals surface area (Å²) >= 11 is 0. The van der Waals surface area contributed by atoms with Gasteiger partial charge in [0.05, 0.1) is 5.52 Å². The lowest BCUT2D eigenvalue weighted by Crippen LogP contribution is -2.54. The molecule has 0 aliphatic carbocycles. The Balaban J connectivity index is 2.84. The third-order valence-electron chi connectivity index (χ3n) is 2.86. The molecule has 2 aromatic rings. The molecular weight excluding hydrogens is 288 g/mol. The molecule has 0 bridgehead atoms. The molecule has 0 saturated carbocycles. The van der Waals surface area contributed by atoms with Crippen LogP contribution in [0.3, 0.4) is 0 Å². The van der Waals surface area contributed by atoms with Crippen molar-refractivity contribution in [3.8, 4) is 0 Å². The van der Waals surface area contributed by atoms with Crippen LogP contribution in [0.15, 0.2) is 36.5 Å². The van der Waals surface area contributed by atoms with E-state index in [1.807, 2.05) is 0 Å². The Bertz CT molecular complexity index is 614. The Morgan fingerprint density at radius 1 is 0.850 bits per heavy atom. The Kier molecular flexibility index (Phi) is 3.16. The van der Waals surface area contributed by atoms with Gasteiger partial charge in [0.1, 0.15) is 0 Å². The van der Waals surface area contributed by atoms with Gasteiger partial charge < -0.3 is 5.11 Å². The number of aromatic nitrogens is 1. The fourth-order valence-electron chi connectivity index (χ4n) is 1.88. The van der Waals surface area contributed by atoms with Gasteiger partial charge in [0.15, 0.2) is 0 Å². The Labute approximate surface area is 108 Å². The van der Waals surface area contributed by atoms with Crippen molar-refractivity contribution in [2.45, 2.75) is 18.0 Å². The van der Waals surface area contributed by atoms with Crippen molar-refractivity contribution in [1.29, 1.82) is 0 Å². The maximum Gasteiger partial charge on any atom is 0.430 e. The van der Waals surface area contributed by atoms with Crippen molar-refractivity contribution in [3.63, 3.8) is 0 Å². The first-order valence-electron chi connectivity index (χ1n) is 5.29. The van der Waals surface area contributed by atoms with E-state index in [2.05, 4.69) is 4.98 Å². The molecule has 8 heteroatoms. The second kappa shape index (κ2) is 4.34. The molecule has 0 radical (unpaired) electrons. The number of alkyl halides is 6. The van der Waals surface area contributed by atoms with Crippen molar-refractivity contribution < 1.29 is 31.4 Å². The standard InChI is InChI=1S/C12H7F6NO/c13-11(14,15)10(20,12(16,17)18)8-5-6-19-9-4-2-1-3-7(8)9/h1-6,20H. The van der Waals surface area contributed by atoms with Crippen LogP contribution in [-0.2, 0) is 5.60 Å². The monoisotopic (exact) mass is 295 g/mol. The summed E-state index contributed by atoms with van der Waals surface area (Å²) in [5.41, 5.74) is -6.30. The molecule has 0 aliphatic rings. The summed E-state index contributed by atoms with van der Waals surface area (Å²) < 4.78 is 76.9. The van der Waals surface area contributed by atoms with Gasteiger partial charge >= 0.3 is 12.4 Å². The SMILES string of the molecule is OC(c1ccnc2ccccc12)(C(F)(F)F)C(F)(F)F. The van der Waals surface area contributed by atoms with Crippen molar-refractivity contribution in [3.05, 3.63) is 42.1 Å². The highest BCUT2D eigenvalue weighted by Crippen LogP contribution is 2.51. The molecule has 108 valence electrons. The van der Waals surface area contributed by atoms with E-state index in [1.165, 1.54) is 18.2 Å². The highest BCUT2D eigenvalue weighted by molar-refractivity contribution is 5.83. The summed E-state index contributed by atoms with van der Waals surface area (Å²) in [4.78, 5) is 3.67. The number of hydrogen-bond acceptors (Lipinski definition) is 2. The van der Waals surface area contributed by atoms with E-state index < -0.39 is 28.9 Å². The van der Waals surface area contributed by atoms with Crippen LogP contribution in [0.2, 0.25) is 0 Å². The minimum Gasteiger partial charge on any atom is -0.369 e. The quantitative estimate of drug-likeness (QED) is 0.816. The highest BCUT2D eigenvalue weighted by atomic mass is 19.4. The molecule has 0 saturated heterocycles. The van der Waals surface area contributed by atoms with Crippen LogP contribution in [0.4, 0.5) is 26.3 Å². The first-order chi connectivity index (χ1) is 9.09. The van der Waals surface area contributed by atoms with E-state index in [-0.39, 0.29) is 5.52 Å². The summed E-state index contributed by atoms with van der Waals surface area (Å²) in [6.45, 7) is 0. The van der Waals surface area contributed by atoms with Gasteiger partial charge in [-0.05, 0) is 12.1 Å². The number of aliphatic hydroxyl groups is 1. The number of rotatable bonds is 1. The van der Waals surface area contributed by atoms with Crippen molar-refractivity contribution >= 4 is 10.9 Å². The predicted molar refractivity (Wildman–Crippen MR) is 57.7 cm³/mol. The Morgan fingerprint density at radius 3 is 1.95 bits per heavy atom. The van der Waals surface area contributed by atoms with Gasteiger partial charge in [-0.15, -0.1) is 0 Å². The predicted octanol–water partition coefficient (Wildman–Crippen LogP) is 3.55. The van der Waals surface area contributed by atoms with E-state index in [0.29, 0.717) is 6.07 Å². The number of fused-ring (bicyclic) bond motifs is 1. The molecule has 1 N–H and O–H groups in total. The fourth-order valence-corrected chi connectivity index (χ4v) is 1.88. The lowest BCUT2D eigenvalue weighted by atomic mass is 9.89. The first kappa shape index (κ1) is 14.6. The number of hydrogen-bond donors (Lipinski definition) is 1. The summed E-state index contributed by atoms with van der Waals surface area (Å²) in [6.07, 6.45) is -11.0. The number of benzene rings is 1. The Morgan fingerprint density at radius 2 is 1.40 bits per heavy atom. The normalized spacial score (nSPS) is 13.8. The number of pyridine rings is 1. The topological polar surface area (TPSA) is 33.1 Å². The van der Waals surface area contributed by atoms with Crippen molar-refractivity contribution in [2.24, 2.45) is 0 Å². The maximum atomic E-state index is 12.8. The zero-order valence-electron chi connectivity index (χ0n) is 9.63. The van der Waals surface area contributed by atoms with Crippen molar-refractivity contribution in [2.75, 3.05) is 0 Å². The van der Waals surface area contributed by atoms with Crippen LogP contribution >= 0.6 is 0 Å². The lowest BCUT2D eigenvalue weighted by Gasteiger charge is -2.33. The van der Waals surface area contributed by atoms with Crippen molar-refractivity contribution in [1.82, 2.24) is 4.98 Å². The summed E-state index contributed by atoms with van der Waals surface area (Å²) in [7, 11) is 0. The van der Waals surface area contributed by atoms with Crippen LogP contribution < -0.4 is 0 Å². The van der Waals surface area contributed by atoms with Crippen LogP contribution in [0.1, 0.15) is 5.56 Å². The van der Waals surface area contributed by atoms with Gasteiger partial charge in [-0.1, -0.05) is 18.2 Å². The number of nitrogens with zero attached hydrogens (tertiary/aromatic N) is 1. The highest BCUT2D eigenvalue weighted by Gasteiger charge is 2.71. The van der Waals surface area contributed by atoms with E-state index in [1.54, 1.807) is 0 Å². The van der Waals surface area contributed by atoms with E-state index in [4.69, 9.17) is 0 Å². The summed E-state index contributed by atoms with van der Waals surface area (Å²) in [6, 6.07) is 5.50. The number of halogens is 6.